The Bertz CT molecular complexity index is 544. The molecule has 1 aromatic rings. The minimum Gasteiger partial charge on any atom is -0.465 e. The zero-order chi connectivity index (χ0) is 13.3. The van der Waals surface area contributed by atoms with Crippen LogP contribution in [-0.4, -0.2) is 36.3 Å². The molecule has 1 amide bonds. The minimum atomic E-state index is -0.515. The van der Waals surface area contributed by atoms with Crippen molar-refractivity contribution in [3.63, 3.8) is 0 Å². The fraction of sp³-hybridized carbons (Fsp3) is 0.273. The number of amides is 1. The second-order valence-electron chi connectivity index (χ2n) is 3.72. The van der Waals surface area contributed by atoms with E-state index in [1.807, 2.05) is 0 Å². The summed E-state index contributed by atoms with van der Waals surface area (Å²) in [5.74, 6) is -0.623. The molecule has 0 aliphatic carbocycles. The summed E-state index contributed by atoms with van der Waals surface area (Å²) in [6, 6.07) is 1.50. The first-order valence-electron chi connectivity index (χ1n) is 5.09. The van der Waals surface area contributed by atoms with Crippen molar-refractivity contribution < 1.29 is 19.1 Å². The largest absolute Gasteiger partial charge is 0.465 e. The van der Waals surface area contributed by atoms with Crippen LogP contribution in [-0.2, 0) is 14.3 Å². The van der Waals surface area contributed by atoms with Crippen LogP contribution in [0.25, 0.3) is 0 Å². The van der Waals surface area contributed by atoms with Crippen LogP contribution < -0.4 is 4.90 Å². The first-order valence-corrected chi connectivity index (χ1v) is 5.88. The molecule has 0 N–H and O–H groups in total. The molecule has 0 aromatic carbocycles. The number of nitrogens with zero attached hydrogens (tertiary/aromatic N) is 2. The first-order chi connectivity index (χ1) is 8.52. The van der Waals surface area contributed by atoms with Gasteiger partial charge in [-0.15, -0.1) is 0 Å². The van der Waals surface area contributed by atoms with Crippen molar-refractivity contribution in [1.82, 2.24) is 4.98 Å². The summed E-state index contributed by atoms with van der Waals surface area (Å²) >= 11 is 3.23. The van der Waals surface area contributed by atoms with Crippen LogP contribution in [0.3, 0.4) is 0 Å². The van der Waals surface area contributed by atoms with E-state index in [0.717, 1.165) is 0 Å². The van der Waals surface area contributed by atoms with Crippen LogP contribution in [0.15, 0.2) is 16.7 Å². The zero-order valence-corrected chi connectivity index (χ0v) is 11.1. The Morgan fingerprint density at radius 3 is 2.72 bits per heavy atom. The lowest BCUT2D eigenvalue weighted by Gasteiger charge is -2.15. The van der Waals surface area contributed by atoms with Gasteiger partial charge in [0.1, 0.15) is 5.82 Å². The molecule has 18 heavy (non-hydrogen) atoms. The van der Waals surface area contributed by atoms with Gasteiger partial charge in [-0.25, -0.2) is 9.78 Å². The molecule has 0 atom stereocenters. The average Bonchev–Trinajstić information content (AvgIpc) is 2.67. The monoisotopic (exact) mass is 312 g/mol. The van der Waals surface area contributed by atoms with E-state index < -0.39 is 5.97 Å². The number of esters is 1. The molecule has 1 aliphatic heterocycles. The zero-order valence-electron chi connectivity index (χ0n) is 9.47. The number of rotatable bonds is 2. The van der Waals surface area contributed by atoms with Crippen LogP contribution in [0.5, 0.6) is 0 Å². The van der Waals surface area contributed by atoms with Gasteiger partial charge in [0.25, 0.3) is 0 Å². The molecule has 1 aromatic heterocycles. The van der Waals surface area contributed by atoms with Gasteiger partial charge in [-0.1, -0.05) is 0 Å². The number of carbonyl (C=O) groups excluding carboxylic acids is 3. The van der Waals surface area contributed by atoms with Gasteiger partial charge >= 0.3 is 5.97 Å². The molecule has 0 radical (unpaired) electrons. The molecule has 6 nitrogen and oxygen atoms in total. The predicted octanol–water partition coefficient (Wildman–Crippen LogP) is 0.936. The molecular weight excluding hydrogens is 304 g/mol. The number of hydrogen-bond donors (Lipinski definition) is 0. The van der Waals surface area contributed by atoms with Gasteiger partial charge in [0.05, 0.1) is 30.1 Å². The first kappa shape index (κ1) is 12.7. The maximum atomic E-state index is 11.6. The number of pyridine rings is 1. The molecule has 94 valence electrons. The molecule has 2 rings (SSSR count). The van der Waals surface area contributed by atoms with Gasteiger partial charge in [-0.2, -0.15) is 0 Å². The second-order valence-corrected chi connectivity index (χ2v) is 4.57. The number of Topliss-reactive ketones (excluding diaryl/α,β-unsaturated/α-hetero) is 1. The molecule has 1 aliphatic rings. The lowest BCUT2D eigenvalue weighted by atomic mass is 10.3. The molecular formula is C11H9BrN2O4. The number of anilines is 1. The van der Waals surface area contributed by atoms with Gasteiger partial charge in [-0.05, 0) is 22.0 Å². The quantitative estimate of drug-likeness (QED) is 0.600. The molecule has 0 unspecified atom stereocenters. The van der Waals surface area contributed by atoms with Crippen LogP contribution >= 0.6 is 15.9 Å². The Labute approximate surface area is 111 Å². The van der Waals surface area contributed by atoms with E-state index in [1.165, 1.54) is 24.3 Å². The number of hydrogen-bond acceptors (Lipinski definition) is 5. The SMILES string of the molecule is COC(=O)c1cnc(N2CC(=O)CC2=O)c(Br)c1. The van der Waals surface area contributed by atoms with E-state index in [1.54, 1.807) is 0 Å². The third-order valence-corrected chi connectivity index (χ3v) is 3.07. The molecule has 0 saturated carbocycles. The summed E-state index contributed by atoms with van der Waals surface area (Å²) in [7, 11) is 1.27. The van der Waals surface area contributed by atoms with Gasteiger partial charge in [-0.3, -0.25) is 14.5 Å². The van der Waals surface area contributed by atoms with E-state index in [2.05, 4.69) is 25.7 Å². The fourth-order valence-corrected chi connectivity index (χ4v) is 2.20. The Balaban J connectivity index is 2.33. The number of methoxy groups -OCH3 is 1. The summed E-state index contributed by atoms with van der Waals surface area (Å²) in [6.07, 6.45) is 1.20. The summed E-state index contributed by atoms with van der Waals surface area (Å²) in [5.41, 5.74) is 0.270. The highest BCUT2D eigenvalue weighted by Crippen LogP contribution is 2.27. The molecule has 1 saturated heterocycles. The number of ketones is 1. The Morgan fingerprint density at radius 2 is 2.22 bits per heavy atom. The van der Waals surface area contributed by atoms with Crippen molar-refractivity contribution in [3.05, 3.63) is 22.3 Å². The van der Waals surface area contributed by atoms with Crippen molar-refractivity contribution in [2.75, 3.05) is 18.6 Å². The van der Waals surface area contributed by atoms with Crippen molar-refractivity contribution in [3.8, 4) is 0 Å². The summed E-state index contributed by atoms with van der Waals surface area (Å²) < 4.78 is 5.03. The van der Waals surface area contributed by atoms with E-state index in [0.29, 0.717) is 10.3 Å². The average molecular weight is 313 g/mol. The Kier molecular flexibility index (Phi) is 3.42. The fourth-order valence-electron chi connectivity index (χ4n) is 1.64. The standard InChI is InChI=1S/C11H9BrN2O4/c1-18-11(17)6-2-8(12)10(13-4-6)14-5-7(15)3-9(14)16/h2,4H,3,5H2,1H3. The number of ether oxygens (including phenoxy) is 1. The number of aromatic nitrogens is 1. The Hall–Kier alpha value is -1.76. The van der Waals surface area contributed by atoms with Crippen LogP contribution in [0.1, 0.15) is 16.8 Å². The molecule has 2 heterocycles. The highest BCUT2D eigenvalue weighted by atomic mass is 79.9. The third-order valence-electron chi connectivity index (χ3n) is 2.48. The van der Waals surface area contributed by atoms with Crippen molar-refractivity contribution in [2.45, 2.75) is 6.42 Å². The summed E-state index contributed by atoms with van der Waals surface area (Å²) in [6.45, 7) is 0.0159. The van der Waals surface area contributed by atoms with Crippen molar-refractivity contribution in [2.24, 2.45) is 0 Å². The van der Waals surface area contributed by atoms with Gasteiger partial charge < -0.3 is 4.74 Å². The maximum absolute atomic E-state index is 11.6. The van der Waals surface area contributed by atoms with Gasteiger partial charge in [0.15, 0.2) is 5.78 Å². The lowest BCUT2D eigenvalue weighted by molar-refractivity contribution is -0.121. The molecule has 7 heteroatoms. The summed E-state index contributed by atoms with van der Waals surface area (Å²) in [5, 5.41) is 0. The van der Waals surface area contributed by atoms with Crippen molar-refractivity contribution >= 4 is 39.4 Å². The highest BCUT2D eigenvalue weighted by molar-refractivity contribution is 9.10. The van der Waals surface area contributed by atoms with Gasteiger partial charge in [0, 0.05) is 6.20 Å². The second kappa shape index (κ2) is 4.85. The van der Waals surface area contributed by atoms with E-state index in [9.17, 15) is 14.4 Å². The molecule has 0 spiro atoms. The van der Waals surface area contributed by atoms with E-state index >= 15 is 0 Å². The maximum Gasteiger partial charge on any atom is 0.339 e. The number of halogens is 1. The summed E-state index contributed by atoms with van der Waals surface area (Å²) in [4.78, 5) is 39.4. The third kappa shape index (κ3) is 2.26. The van der Waals surface area contributed by atoms with Crippen molar-refractivity contribution in [1.29, 1.82) is 0 Å². The number of carbonyl (C=O) groups is 3. The minimum absolute atomic E-state index is 0.0159. The topological polar surface area (TPSA) is 76.6 Å². The van der Waals surface area contributed by atoms with Crippen LogP contribution in [0.2, 0.25) is 0 Å². The van der Waals surface area contributed by atoms with E-state index in [-0.39, 0.29) is 30.2 Å². The lowest BCUT2D eigenvalue weighted by Crippen LogP contribution is -2.26. The molecule has 0 bridgehead atoms. The Morgan fingerprint density at radius 1 is 1.50 bits per heavy atom. The molecule has 1 fully saturated rings. The van der Waals surface area contributed by atoms with Crippen LogP contribution in [0, 0.1) is 0 Å². The van der Waals surface area contributed by atoms with Gasteiger partial charge in [0.2, 0.25) is 5.91 Å². The van der Waals surface area contributed by atoms with Crippen LogP contribution in [0.4, 0.5) is 5.82 Å². The smallest absolute Gasteiger partial charge is 0.339 e. The highest BCUT2D eigenvalue weighted by Gasteiger charge is 2.30. The predicted molar refractivity (Wildman–Crippen MR) is 65.3 cm³/mol. The normalized spacial score (nSPS) is 15.1. The van der Waals surface area contributed by atoms with E-state index in [4.69, 9.17) is 0 Å².